The third kappa shape index (κ3) is 5.25. The van der Waals surface area contributed by atoms with Gasteiger partial charge in [0, 0.05) is 53.9 Å². The van der Waals surface area contributed by atoms with E-state index in [4.69, 9.17) is 15.0 Å². The average molecular weight is 923 g/mol. The number of hydrogen-bond donors (Lipinski definition) is 0. The van der Waals surface area contributed by atoms with Gasteiger partial charge in [0.1, 0.15) is 5.82 Å². The molecule has 8 aromatic carbocycles. The molecule has 1 aliphatic carbocycles. The van der Waals surface area contributed by atoms with Crippen LogP contribution < -0.4 is 0 Å². The van der Waals surface area contributed by atoms with Crippen LogP contribution in [0.15, 0.2) is 241 Å². The minimum absolute atomic E-state index is 0.674. The molecule has 0 fully saturated rings. The number of fused-ring (bicyclic) bond motifs is 18. The Bertz CT molecular complexity index is 4470. The van der Waals surface area contributed by atoms with Crippen LogP contribution in [0.5, 0.6) is 0 Å². The predicted molar refractivity (Wildman–Crippen MR) is 290 cm³/mol. The molecule has 7 heteroatoms. The topological polar surface area (TPSA) is 53.5 Å². The van der Waals surface area contributed by atoms with E-state index in [0.29, 0.717) is 0 Å². The van der Waals surface area contributed by atoms with Gasteiger partial charge in [-0.2, -0.15) is 0 Å². The van der Waals surface area contributed by atoms with Crippen LogP contribution in [0, 0.1) is 0 Å². The van der Waals surface area contributed by atoms with E-state index < -0.39 is 5.41 Å². The largest absolute Gasteiger partial charge is 0.308 e. The molecule has 2 aliphatic rings. The number of benzene rings is 8. The molecular weight excluding hydrogens is 885 g/mol. The summed E-state index contributed by atoms with van der Waals surface area (Å²) in [6, 6.07) is 77.4. The molecule has 6 nitrogen and oxygen atoms in total. The van der Waals surface area contributed by atoms with Gasteiger partial charge in [0.25, 0.3) is 0 Å². The summed E-state index contributed by atoms with van der Waals surface area (Å²) in [5, 5.41) is 7.29. The molecular formula is C64H38N6S. The van der Waals surface area contributed by atoms with Crippen molar-refractivity contribution in [1.82, 2.24) is 28.7 Å². The monoisotopic (exact) mass is 922 g/mol. The molecule has 71 heavy (non-hydrogen) atoms. The SMILES string of the molecule is c1ccc2c(c1)Sc1ccc(-c3ccc4c(c3)c3ccccc3n4-c3ccc(-n4c5ccccc5c5ccccc54)nc3)cc1C21c2cccnc2-c2ncc(-n3c4ccccc4c4ccccc43)cc21. The van der Waals surface area contributed by atoms with E-state index in [-0.39, 0.29) is 0 Å². The molecule has 6 aromatic heterocycles. The fraction of sp³-hybridized carbons (Fsp3) is 0.0156. The van der Waals surface area contributed by atoms with Crippen molar-refractivity contribution in [3.05, 3.63) is 253 Å². The molecule has 0 bridgehead atoms. The van der Waals surface area contributed by atoms with E-state index in [1.807, 2.05) is 30.4 Å². The Morgan fingerprint density at radius 3 is 1.49 bits per heavy atom. The second-order valence-corrected chi connectivity index (χ2v) is 19.8. The van der Waals surface area contributed by atoms with Gasteiger partial charge in [-0.1, -0.05) is 139 Å². The van der Waals surface area contributed by atoms with Crippen LogP contribution in [0.4, 0.5) is 0 Å². The summed E-state index contributed by atoms with van der Waals surface area (Å²) in [7, 11) is 0. The molecule has 0 amide bonds. The van der Waals surface area contributed by atoms with E-state index in [1.54, 1.807) is 0 Å². The first-order valence-corrected chi connectivity index (χ1v) is 24.9. The third-order valence-electron chi connectivity index (χ3n) is 15.3. The van der Waals surface area contributed by atoms with Crippen molar-refractivity contribution in [2.45, 2.75) is 15.2 Å². The minimum Gasteiger partial charge on any atom is -0.308 e. The van der Waals surface area contributed by atoms with E-state index in [0.717, 1.165) is 83.9 Å². The molecule has 1 atom stereocenters. The van der Waals surface area contributed by atoms with E-state index in [1.165, 1.54) is 53.2 Å². The van der Waals surface area contributed by atoms with Crippen molar-refractivity contribution in [3.63, 3.8) is 0 Å². The second kappa shape index (κ2) is 14.5. The summed E-state index contributed by atoms with van der Waals surface area (Å²) in [6.07, 6.45) is 5.97. The molecule has 0 N–H and O–H groups in total. The number of aromatic nitrogens is 6. The van der Waals surface area contributed by atoms with Gasteiger partial charge in [-0.15, -0.1) is 0 Å². The summed E-state index contributed by atoms with van der Waals surface area (Å²) in [6.45, 7) is 0. The van der Waals surface area contributed by atoms with Crippen LogP contribution in [-0.2, 0) is 5.41 Å². The van der Waals surface area contributed by atoms with Crippen molar-refractivity contribution < 1.29 is 0 Å². The van der Waals surface area contributed by atoms with Gasteiger partial charge in [-0.05, 0) is 113 Å². The molecule has 0 saturated heterocycles. The Morgan fingerprint density at radius 1 is 0.324 bits per heavy atom. The molecule has 1 aliphatic heterocycles. The van der Waals surface area contributed by atoms with Crippen LogP contribution in [0.3, 0.4) is 0 Å². The standard InChI is InChI=1S/C64H38N6S/c1-7-21-53-43(14-1)44-15-2-8-22-54(44)69(53)42-36-52-63(67-38-42)62-50(20-13-33-65-62)64(52)49-19-6-12-26-59(49)71-60-31-28-40(35-51(60)64)39-27-30-58-48(34-39)47-18-5-9-23-55(47)68(58)41-29-32-61(66-37-41)70-56-24-10-3-16-45(56)46-17-4-11-25-57(46)70/h1-38H. The quantitative estimate of drug-likeness (QED) is 0.176. The van der Waals surface area contributed by atoms with Gasteiger partial charge in [-0.3, -0.25) is 14.5 Å². The van der Waals surface area contributed by atoms with Crippen molar-refractivity contribution in [3.8, 4) is 39.7 Å². The summed E-state index contributed by atoms with van der Waals surface area (Å²) < 4.78 is 7.01. The fourth-order valence-corrected chi connectivity index (χ4v) is 13.5. The normalized spacial score (nSPS) is 14.8. The smallest absolute Gasteiger partial charge is 0.137 e. The lowest BCUT2D eigenvalue weighted by atomic mass is 9.67. The highest BCUT2D eigenvalue weighted by atomic mass is 32.2. The Hall–Kier alpha value is -9.04. The summed E-state index contributed by atoms with van der Waals surface area (Å²) >= 11 is 1.85. The van der Waals surface area contributed by atoms with E-state index in [9.17, 15) is 0 Å². The predicted octanol–water partition coefficient (Wildman–Crippen LogP) is 15.7. The third-order valence-corrected chi connectivity index (χ3v) is 16.4. The zero-order valence-electron chi connectivity index (χ0n) is 38.0. The first kappa shape index (κ1) is 38.9. The maximum atomic E-state index is 5.38. The summed E-state index contributed by atoms with van der Waals surface area (Å²) in [4.78, 5) is 18.1. The highest BCUT2D eigenvalue weighted by Gasteiger charge is 2.52. The van der Waals surface area contributed by atoms with Crippen molar-refractivity contribution in [1.29, 1.82) is 0 Å². The first-order valence-electron chi connectivity index (χ1n) is 24.1. The molecule has 16 rings (SSSR count). The van der Waals surface area contributed by atoms with Crippen molar-refractivity contribution >= 4 is 77.2 Å². The fourth-order valence-electron chi connectivity index (χ4n) is 12.3. The molecule has 1 unspecified atom stereocenters. The maximum Gasteiger partial charge on any atom is 0.137 e. The Kier molecular flexibility index (Phi) is 7.94. The van der Waals surface area contributed by atoms with E-state index in [2.05, 4.69) is 226 Å². The molecule has 0 radical (unpaired) electrons. The highest BCUT2D eigenvalue weighted by molar-refractivity contribution is 7.99. The number of nitrogens with zero attached hydrogens (tertiary/aromatic N) is 6. The van der Waals surface area contributed by atoms with Gasteiger partial charge >= 0.3 is 0 Å². The van der Waals surface area contributed by atoms with Gasteiger partial charge in [-0.25, -0.2) is 4.98 Å². The Balaban J connectivity index is 0.872. The zero-order chi connectivity index (χ0) is 46.4. The Morgan fingerprint density at radius 2 is 0.831 bits per heavy atom. The number of para-hydroxylation sites is 5. The first-order chi connectivity index (χ1) is 35.2. The molecule has 1 spiro atoms. The van der Waals surface area contributed by atoms with Gasteiger partial charge < -0.3 is 9.13 Å². The maximum absolute atomic E-state index is 5.38. The van der Waals surface area contributed by atoms with Gasteiger partial charge in [0.05, 0.1) is 73.7 Å². The van der Waals surface area contributed by atoms with Crippen LogP contribution >= 0.6 is 11.8 Å². The van der Waals surface area contributed by atoms with E-state index >= 15 is 0 Å². The zero-order valence-corrected chi connectivity index (χ0v) is 38.8. The molecule has 0 saturated carbocycles. The van der Waals surface area contributed by atoms with Crippen molar-refractivity contribution in [2.24, 2.45) is 0 Å². The minimum atomic E-state index is -0.674. The molecule has 14 aromatic rings. The molecule has 7 heterocycles. The summed E-state index contributed by atoms with van der Waals surface area (Å²) in [5.74, 6) is 0.891. The lowest BCUT2D eigenvalue weighted by molar-refractivity contribution is 0.719. The Labute approximate surface area is 411 Å². The lowest BCUT2D eigenvalue weighted by Gasteiger charge is -2.39. The van der Waals surface area contributed by atoms with Crippen LogP contribution in [0.25, 0.3) is 105 Å². The van der Waals surface area contributed by atoms with Crippen LogP contribution in [0.2, 0.25) is 0 Å². The summed E-state index contributed by atoms with van der Waals surface area (Å²) in [5.41, 5.74) is 17.2. The number of pyridine rings is 3. The van der Waals surface area contributed by atoms with Gasteiger partial charge in [0.2, 0.25) is 0 Å². The average Bonchev–Trinajstić information content (AvgIpc) is 4.15. The number of rotatable bonds is 4. The second-order valence-electron chi connectivity index (χ2n) is 18.7. The lowest BCUT2D eigenvalue weighted by Crippen LogP contribution is -2.32. The van der Waals surface area contributed by atoms with Crippen LogP contribution in [-0.4, -0.2) is 28.7 Å². The van der Waals surface area contributed by atoms with Crippen molar-refractivity contribution in [2.75, 3.05) is 0 Å². The van der Waals surface area contributed by atoms with Gasteiger partial charge in [0.15, 0.2) is 0 Å². The van der Waals surface area contributed by atoms with Crippen LogP contribution in [0.1, 0.15) is 22.3 Å². The molecule has 330 valence electrons. The number of hydrogen-bond acceptors (Lipinski definition) is 4. The highest BCUT2D eigenvalue weighted by Crippen LogP contribution is 2.62.